The quantitative estimate of drug-likeness (QED) is 0.676. The van der Waals surface area contributed by atoms with Gasteiger partial charge in [-0.05, 0) is 31.8 Å². The standard InChI is InChI=1S/C10H19N3O2.ClH/c14-10(15)12-5-8-1-3-13(4-2-8)9-6-11-7-9;/h8-9,11-12H,1-7H2,(H,14,15);1H. The highest BCUT2D eigenvalue weighted by atomic mass is 35.5. The SMILES string of the molecule is Cl.O=C(O)NCC1CCN(C2CNC2)CC1. The molecule has 2 saturated heterocycles. The van der Waals surface area contributed by atoms with Gasteiger partial charge in [-0.15, -0.1) is 12.4 Å². The second kappa shape index (κ2) is 6.27. The summed E-state index contributed by atoms with van der Waals surface area (Å²) in [6.07, 6.45) is 1.34. The molecule has 6 heteroatoms. The minimum absolute atomic E-state index is 0. The van der Waals surface area contributed by atoms with E-state index >= 15 is 0 Å². The Morgan fingerprint density at radius 3 is 2.44 bits per heavy atom. The van der Waals surface area contributed by atoms with E-state index in [0.29, 0.717) is 12.5 Å². The summed E-state index contributed by atoms with van der Waals surface area (Å²) in [7, 11) is 0. The zero-order chi connectivity index (χ0) is 10.7. The van der Waals surface area contributed by atoms with Gasteiger partial charge in [-0.3, -0.25) is 4.90 Å². The lowest BCUT2D eigenvalue weighted by Gasteiger charge is -2.42. The Labute approximate surface area is 102 Å². The summed E-state index contributed by atoms with van der Waals surface area (Å²) in [6, 6.07) is 0.735. The van der Waals surface area contributed by atoms with Gasteiger partial charge in [0.05, 0.1) is 0 Å². The highest BCUT2D eigenvalue weighted by Gasteiger charge is 2.28. The minimum atomic E-state index is -0.902. The van der Waals surface area contributed by atoms with E-state index in [-0.39, 0.29) is 12.4 Å². The van der Waals surface area contributed by atoms with Crippen LogP contribution in [0.5, 0.6) is 0 Å². The average Bonchev–Trinajstić information content (AvgIpc) is 2.14. The van der Waals surface area contributed by atoms with Gasteiger partial charge in [0.2, 0.25) is 0 Å². The maximum atomic E-state index is 10.3. The number of carbonyl (C=O) groups is 1. The molecule has 2 aliphatic rings. The number of rotatable bonds is 3. The summed E-state index contributed by atoms with van der Waals surface area (Å²) in [5.41, 5.74) is 0. The number of amides is 1. The Morgan fingerprint density at radius 1 is 1.38 bits per heavy atom. The first-order valence-electron chi connectivity index (χ1n) is 5.67. The van der Waals surface area contributed by atoms with Crippen molar-refractivity contribution >= 4 is 18.5 Å². The topological polar surface area (TPSA) is 64.6 Å². The van der Waals surface area contributed by atoms with Crippen molar-refractivity contribution in [2.45, 2.75) is 18.9 Å². The van der Waals surface area contributed by atoms with E-state index in [1.165, 1.54) is 0 Å². The summed E-state index contributed by atoms with van der Waals surface area (Å²) < 4.78 is 0. The van der Waals surface area contributed by atoms with Crippen LogP contribution in [0, 0.1) is 5.92 Å². The number of nitrogens with zero attached hydrogens (tertiary/aromatic N) is 1. The van der Waals surface area contributed by atoms with Crippen molar-refractivity contribution in [3.63, 3.8) is 0 Å². The highest BCUT2D eigenvalue weighted by Crippen LogP contribution is 2.19. The molecule has 94 valence electrons. The third-order valence-electron chi connectivity index (χ3n) is 3.47. The molecule has 2 fully saturated rings. The molecule has 2 aliphatic heterocycles. The van der Waals surface area contributed by atoms with Crippen LogP contribution in [0.25, 0.3) is 0 Å². The Balaban J connectivity index is 0.00000128. The Hall–Kier alpha value is -0.520. The van der Waals surface area contributed by atoms with Crippen LogP contribution in [0.2, 0.25) is 0 Å². The molecule has 0 aromatic rings. The summed E-state index contributed by atoms with van der Waals surface area (Å²) in [5, 5.41) is 14.3. The van der Waals surface area contributed by atoms with Gasteiger partial charge < -0.3 is 15.7 Å². The fourth-order valence-corrected chi connectivity index (χ4v) is 2.29. The van der Waals surface area contributed by atoms with E-state index in [4.69, 9.17) is 5.11 Å². The second-order valence-electron chi connectivity index (χ2n) is 4.48. The van der Waals surface area contributed by atoms with Crippen LogP contribution in [-0.4, -0.2) is 54.9 Å². The van der Waals surface area contributed by atoms with Crippen LogP contribution in [0.3, 0.4) is 0 Å². The molecule has 2 rings (SSSR count). The number of hydrogen-bond donors (Lipinski definition) is 3. The van der Waals surface area contributed by atoms with Crippen LogP contribution < -0.4 is 10.6 Å². The van der Waals surface area contributed by atoms with Crippen LogP contribution >= 0.6 is 12.4 Å². The van der Waals surface area contributed by atoms with Gasteiger partial charge in [-0.2, -0.15) is 0 Å². The Bertz CT molecular complexity index is 228. The van der Waals surface area contributed by atoms with E-state index in [2.05, 4.69) is 15.5 Å². The van der Waals surface area contributed by atoms with E-state index in [0.717, 1.165) is 45.1 Å². The molecule has 0 bridgehead atoms. The van der Waals surface area contributed by atoms with E-state index in [1.54, 1.807) is 0 Å². The van der Waals surface area contributed by atoms with Crippen molar-refractivity contribution in [2.24, 2.45) is 5.92 Å². The molecule has 0 radical (unpaired) electrons. The minimum Gasteiger partial charge on any atom is -0.465 e. The number of halogens is 1. The molecule has 0 spiro atoms. The molecule has 1 amide bonds. The summed E-state index contributed by atoms with van der Waals surface area (Å²) >= 11 is 0. The van der Waals surface area contributed by atoms with Gasteiger partial charge in [-0.25, -0.2) is 4.79 Å². The normalized spacial score (nSPS) is 23.2. The lowest BCUT2D eigenvalue weighted by Crippen LogP contribution is -2.59. The third-order valence-corrected chi connectivity index (χ3v) is 3.47. The van der Waals surface area contributed by atoms with E-state index < -0.39 is 6.09 Å². The molecular formula is C10H20ClN3O2. The van der Waals surface area contributed by atoms with Crippen molar-refractivity contribution in [3.05, 3.63) is 0 Å². The largest absolute Gasteiger partial charge is 0.465 e. The van der Waals surface area contributed by atoms with E-state index in [1.807, 2.05) is 0 Å². The van der Waals surface area contributed by atoms with Gasteiger partial charge in [-0.1, -0.05) is 0 Å². The lowest BCUT2D eigenvalue weighted by molar-refractivity contribution is 0.0979. The summed E-state index contributed by atoms with van der Waals surface area (Å²) in [4.78, 5) is 12.9. The van der Waals surface area contributed by atoms with Crippen molar-refractivity contribution < 1.29 is 9.90 Å². The zero-order valence-corrected chi connectivity index (χ0v) is 10.1. The molecule has 0 aromatic carbocycles. The fourth-order valence-electron chi connectivity index (χ4n) is 2.29. The highest BCUT2D eigenvalue weighted by molar-refractivity contribution is 5.85. The van der Waals surface area contributed by atoms with Crippen LogP contribution in [0.1, 0.15) is 12.8 Å². The predicted octanol–water partition coefficient (Wildman–Crippen LogP) is 0.360. The van der Waals surface area contributed by atoms with Crippen molar-refractivity contribution in [1.29, 1.82) is 0 Å². The van der Waals surface area contributed by atoms with Crippen molar-refractivity contribution in [1.82, 2.24) is 15.5 Å². The fraction of sp³-hybridized carbons (Fsp3) is 0.900. The van der Waals surface area contributed by atoms with Gasteiger partial charge in [0, 0.05) is 25.7 Å². The van der Waals surface area contributed by atoms with Gasteiger partial charge in [0.15, 0.2) is 0 Å². The van der Waals surface area contributed by atoms with Gasteiger partial charge >= 0.3 is 6.09 Å². The molecule has 0 saturated carbocycles. The molecule has 2 heterocycles. The van der Waals surface area contributed by atoms with Gasteiger partial charge in [0.1, 0.15) is 0 Å². The number of hydrogen-bond acceptors (Lipinski definition) is 3. The van der Waals surface area contributed by atoms with Crippen molar-refractivity contribution in [2.75, 3.05) is 32.7 Å². The number of nitrogens with one attached hydrogen (secondary N) is 2. The van der Waals surface area contributed by atoms with Crippen LogP contribution in [-0.2, 0) is 0 Å². The van der Waals surface area contributed by atoms with Crippen LogP contribution in [0.4, 0.5) is 4.79 Å². The summed E-state index contributed by atoms with van der Waals surface area (Å²) in [6.45, 7) is 5.11. The first-order valence-corrected chi connectivity index (χ1v) is 5.67. The molecule has 16 heavy (non-hydrogen) atoms. The molecule has 0 aromatic heterocycles. The maximum Gasteiger partial charge on any atom is 0.404 e. The average molecular weight is 250 g/mol. The number of likely N-dealkylation sites (tertiary alicyclic amines) is 1. The monoisotopic (exact) mass is 249 g/mol. The van der Waals surface area contributed by atoms with Crippen LogP contribution in [0.15, 0.2) is 0 Å². The van der Waals surface area contributed by atoms with E-state index in [9.17, 15) is 4.79 Å². The summed E-state index contributed by atoms with van der Waals surface area (Å²) in [5.74, 6) is 0.533. The predicted molar refractivity (Wildman–Crippen MR) is 64.2 cm³/mol. The third kappa shape index (κ3) is 3.50. The van der Waals surface area contributed by atoms with Crippen molar-refractivity contribution in [3.8, 4) is 0 Å². The smallest absolute Gasteiger partial charge is 0.404 e. The lowest BCUT2D eigenvalue weighted by atomic mass is 9.95. The molecule has 0 aliphatic carbocycles. The number of carboxylic acid groups (broad SMARTS) is 1. The molecule has 0 atom stereocenters. The van der Waals surface area contributed by atoms with Gasteiger partial charge in [0.25, 0.3) is 0 Å². The Morgan fingerprint density at radius 2 is 2.00 bits per heavy atom. The first kappa shape index (κ1) is 13.5. The zero-order valence-electron chi connectivity index (χ0n) is 9.32. The first-order chi connectivity index (χ1) is 7.25. The maximum absolute atomic E-state index is 10.3. The second-order valence-corrected chi connectivity index (χ2v) is 4.48. The molecule has 5 nitrogen and oxygen atoms in total. The molecular weight excluding hydrogens is 230 g/mol. The Kier molecular flexibility index (Phi) is 5.31. The molecule has 3 N–H and O–H groups in total. The number of piperidine rings is 1. The molecule has 0 unspecified atom stereocenters.